The highest BCUT2D eigenvalue weighted by Crippen LogP contribution is 2.36. The Hall–Kier alpha value is -2.04. The number of hydrogen-bond acceptors (Lipinski definition) is 4. The van der Waals surface area contributed by atoms with Crippen LogP contribution in [-0.4, -0.2) is 34.7 Å². The predicted octanol–water partition coefficient (Wildman–Crippen LogP) is 5.77. The number of amides is 1. The highest BCUT2D eigenvalue weighted by atomic mass is 16.6. The number of nitrogen functional groups attached to an aromatic ring is 1. The fraction of sp³-hybridized carbons (Fsp3) is 0.667. The molecule has 0 bridgehead atoms. The highest BCUT2D eigenvalue weighted by Gasteiger charge is 2.29. The average Bonchev–Trinajstić information content (AvgIpc) is 2.67. The van der Waals surface area contributed by atoms with Gasteiger partial charge in [-0.25, -0.2) is 9.78 Å². The Labute approximate surface area is 175 Å². The largest absolute Gasteiger partial charge is 0.444 e. The summed E-state index contributed by atoms with van der Waals surface area (Å²) < 4.78 is 5.58. The summed E-state index contributed by atoms with van der Waals surface area (Å²) in [5.41, 5.74) is 9.64. The molecule has 5 nitrogen and oxygen atoms in total. The van der Waals surface area contributed by atoms with Crippen LogP contribution in [0.25, 0.3) is 0 Å². The monoisotopic (exact) mass is 399 g/mol. The fourth-order valence-electron chi connectivity index (χ4n) is 4.55. The molecule has 0 saturated carbocycles. The molecule has 160 valence electrons. The van der Waals surface area contributed by atoms with Crippen molar-refractivity contribution in [2.24, 2.45) is 0 Å². The number of rotatable bonds is 4. The van der Waals surface area contributed by atoms with E-state index in [1.807, 2.05) is 31.7 Å². The quantitative estimate of drug-likeness (QED) is 0.652. The fourth-order valence-corrected chi connectivity index (χ4v) is 4.55. The summed E-state index contributed by atoms with van der Waals surface area (Å²) in [7, 11) is 0. The molecule has 2 unspecified atom stereocenters. The third-order valence-corrected chi connectivity index (χ3v) is 5.88. The molecule has 0 spiro atoms. The number of anilines is 1. The Kier molecular flexibility index (Phi) is 6.86. The van der Waals surface area contributed by atoms with E-state index in [2.05, 4.69) is 19.1 Å². The third-order valence-electron chi connectivity index (χ3n) is 5.88. The molecule has 1 aromatic rings. The SMILES string of the molecule is CCCC1=CCCC(c2cc(C3CCCN(C(=O)OC(C)(C)C)C3)cc(N)n2)C1. The van der Waals surface area contributed by atoms with Crippen molar-refractivity contribution in [3.63, 3.8) is 0 Å². The summed E-state index contributed by atoms with van der Waals surface area (Å²) in [4.78, 5) is 19.1. The molecule has 1 aromatic heterocycles. The number of pyridine rings is 1. The van der Waals surface area contributed by atoms with E-state index in [0.717, 1.165) is 44.3 Å². The summed E-state index contributed by atoms with van der Waals surface area (Å²) in [6, 6.07) is 4.25. The molecule has 1 fully saturated rings. The minimum Gasteiger partial charge on any atom is -0.444 e. The molecular formula is C24H37N3O2. The second-order valence-electron chi connectivity index (χ2n) is 9.61. The first kappa shape index (κ1) is 21.7. The molecule has 29 heavy (non-hydrogen) atoms. The maximum Gasteiger partial charge on any atom is 0.410 e. The van der Waals surface area contributed by atoms with Crippen LogP contribution < -0.4 is 5.73 Å². The van der Waals surface area contributed by atoms with Gasteiger partial charge in [0.2, 0.25) is 0 Å². The van der Waals surface area contributed by atoms with Crippen LogP contribution in [-0.2, 0) is 4.74 Å². The summed E-state index contributed by atoms with van der Waals surface area (Å²) in [6.45, 7) is 9.41. The molecular weight excluding hydrogens is 362 g/mol. The number of ether oxygens (including phenoxy) is 1. The van der Waals surface area contributed by atoms with Gasteiger partial charge in [-0.3, -0.25) is 0 Å². The van der Waals surface area contributed by atoms with Gasteiger partial charge in [0, 0.05) is 30.6 Å². The molecule has 2 heterocycles. The van der Waals surface area contributed by atoms with Gasteiger partial charge in [-0.1, -0.05) is 25.0 Å². The van der Waals surface area contributed by atoms with Gasteiger partial charge in [0.25, 0.3) is 0 Å². The molecule has 1 aliphatic carbocycles. The first-order valence-corrected chi connectivity index (χ1v) is 11.2. The summed E-state index contributed by atoms with van der Waals surface area (Å²) >= 11 is 0. The van der Waals surface area contributed by atoms with Gasteiger partial charge in [0.05, 0.1) is 0 Å². The van der Waals surface area contributed by atoms with Crippen LogP contribution in [0, 0.1) is 0 Å². The first-order chi connectivity index (χ1) is 13.7. The Morgan fingerprint density at radius 1 is 1.28 bits per heavy atom. The number of nitrogens with zero attached hydrogens (tertiary/aromatic N) is 2. The van der Waals surface area contributed by atoms with Gasteiger partial charge in [-0.05, 0) is 77.0 Å². The summed E-state index contributed by atoms with van der Waals surface area (Å²) in [5.74, 6) is 1.34. The van der Waals surface area contributed by atoms with Crippen molar-refractivity contribution in [2.45, 2.75) is 90.1 Å². The van der Waals surface area contributed by atoms with Crippen LogP contribution in [0.4, 0.5) is 10.6 Å². The first-order valence-electron chi connectivity index (χ1n) is 11.2. The van der Waals surface area contributed by atoms with Crippen molar-refractivity contribution in [1.82, 2.24) is 9.88 Å². The number of piperidine rings is 1. The lowest BCUT2D eigenvalue weighted by atomic mass is 9.83. The normalized spacial score (nSPS) is 22.9. The molecule has 0 aromatic carbocycles. The van der Waals surface area contributed by atoms with Crippen molar-refractivity contribution in [3.8, 4) is 0 Å². The number of carbonyl (C=O) groups excluding carboxylic acids is 1. The van der Waals surface area contributed by atoms with Gasteiger partial charge < -0.3 is 15.4 Å². The van der Waals surface area contributed by atoms with Crippen molar-refractivity contribution >= 4 is 11.9 Å². The van der Waals surface area contributed by atoms with E-state index < -0.39 is 5.60 Å². The van der Waals surface area contributed by atoms with Gasteiger partial charge in [-0.15, -0.1) is 0 Å². The van der Waals surface area contributed by atoms with E-state index in [0.29, 0.717) is 18.3 Å². The lowest BCUT2D eigenvalue weighted by molar-refractivity contribution is 0.0198. The van der Waals surface area contributed by atoms with Crippen LogP contribution >= 0.6 is 0 Å². The lowest BCUT2D eigenvalue weighted by Gasteiger charge is -2.34. The molecule has 3 rings (SSSR count). The number of aromatic nitrogens is 1. The van der Waals surface area contributed by atoms with Gasteiger partial charge >= 0.3 is 6.09 Å². The summed E-state index contributed by atoms with van der Waals surface area (Å²) in [6.07, 6.45) is 9.97. The second-order valence-corrected chi connectivity index (χ2v) is 9.61. The molecule has 1 aliphatic heterocycles. The maximum absolute atomic E-state index is 12.5. The van der Waals surface area contributed by atoms with Crippen molar-refractivity contribution in [1.29, 1.82) is 0 Å². The summed E-state index contributed by atoms with van der Waals surface area (Å²) in [5, 5.41) is 0. The van der Waals surface area contributed by atoms with Crippen LogP contribution in [0.5, 0.6) is 0 Å². The molecule has 0 radical (unpaired) electrons. The maximum atomic E-state index is 12.5. The zero-order valence-electron chi connectivity index (χ0n) is 18.5. The second kappa shape index (κ2) is 9.19. The van der Waals surface area contributed by atoms with Crippen LogP contribution in [0.2, 0.25) is 0 Å². The molecule has 5 heteroatoms. The molecule has 2 atom stereocenters. The Balaban J connectivity index is 1.74. The molecule has 1 saturated heterocycles. The Bertz CT molecular complexity index is 751. The number of likely N-dealkylation sites (tertiary alicyclic amines) is 1. The molecule has 2 aliphatic rings. The van der Waals surface area contributed by atoms with Crippen molar-refractivity contribution < 1.29 is 9.53 Å². The van der Waals surface area contributed by atoms with E-state index in [1.54, 1.807) is 5.57 Å². The lowest BCUT2D eigenvalue weighted by Crippen LogP contribution is -2.42. The standard InChI is InChI=1S/C24H37N3O2/c1-5-8-17-9-6-10-18(13-17)21-14-20(15-22(25)26-21)19-11-7-12-27(16-19)23(28)29-24(2,3)4/h9,14-15,18-19H,5-8,10-13,16H2,1-4H3,(H2,25,26). The van der Waals surface area contributed by atoms with Crippen LogP contribution in [0.15, 0.2) is 23.8 Å². The molecule has 1 amide bonds. The smallest absolute Gasteiger partial charge is 0.410 e. The topological polar surface area (TPSA) is 68.5 Å². The minimum atomic E-state index is -0.469. The van der Waals surface area contributed by atoms with E-state index in [9.17, 15) is 4.79 Å². The molecule has 2 N–H and O–H groups in total. The Morgan fingerprint density at radius 2 is 2.07 bits per heavy atom. The minimum absolute atomic E-state index is 0.217. The average molecular weight is 400 g/mol. The van der Waals surface area contributed by atoms with E-state index in [4.69, 9.17) is 15.5 Å². The van der Waals surface area contributed by atoms with E-state index in [1.165, 1.54) is 18.4 Å². The Morgan fingerprint density at radius 3 is 2.79 bits per heavy atom. The number of hydrogen-bond donors (Lipinski definition) is 1. The number of allylic oxidation sites excluding steroid dienone is 2. The van der Waals surface area contributed by atoms with Gasteiger partial charge in [0.1, 0.15) is 11.4 Å². The van der Waals surface area contributed by atoms with E-state index >= 15 is 0 Å². The number of nitrogens with two attached hydrogens (primary N) is 1. The van der Waals surface area contributed by atoms with Gasteiger partial charge in [0.15, 0.2) is 0 Å². The van der Waals surface area contributed by atoms with E-state index in [-0.39, 0.29) is 12.0 Å². The third kappa shape index (κ3) is 5.97. The van der Waals surface area contributed by atoms with Crippen LogP contribution in [0.3, 0.4) is 0 Å². The van der Waals surface area contributed by atoms with Crippen molar-refractivity contribution in [2.75, 3.05) is 18.8 Å². The highest BCUT2D eigenvalue weighted by molar-refractivity contribution is 5.68. The number of carbonyl (C=O) groups is 1. The van der Waals surface area contributed by atoms with Gasteiger partial charge in [-0.2, -0.15) is 0 Å². The van der Waals surface area contributed by atoms with Crippen molar-refractivity contribution in [3.05, 3.63) is 35.0 Å². The van der Waals surface area contributed by atoms with Crippen LogP contribution in [0.1, 0.15) is 95.7 Å². The zero-order valence-corrected chi connectivity index (χ0v) is 18.5. The zero-order chi connectivity index (χ0) is 21.0. The predicted molar refractivity (Wildman–Crippen MR) is 118 cm³/mol.